The first-order valence-electron chi connectivity index (χ1n) is 3.69. The van der Waals surface area contributed by atoms with Gasteiger partial charge < -0.3 is 5.32 Å². The zero-order valence-electron chi connectivity index (χ0n) is 6.68. The van der Waals surface area contributed by atoms with Crippen LogP contribution in [0.15, 0.2) is 18.3 Å². The summed E-state index contributed by atoms with van der Waals surface area (Å²) in [7, 11) is 0. The van der Waals surface area contributed by atoms with Gasteiger partial charge in [0.1, 0.15) is 5.82 Å². The lowest BCUT2D eigenvalue weighted by Gasteiger charge is -1.98. The van der Waals surface area contributed by atoms with Gasteiger partial charge in [0.15, 0.2) is 5.82 Å². The van der Waals surface area contributed by atoms with Gasteiger partial charge in [-0.2, -0.15) is 10.3 Å². The van der Waals surface area contributed by atoms with Crippen molar-refractivity contribution in [2.24, 2.45) is 0 Å². The van der Waals surface area contributed by atoms with Crippen molar-refractivity contribution < 1.29 is 0 Å². The number of H-pyrrole nitrogens is 1. The molecule has 0 saturated carbocycles. The Morgan fingerprint density at radius 1 is 1.38 bits per heavy atom. The van der Waals surface area contributed by atoms with Gasteiger partial charge in [-0.3, -0.25) is 0 Å². The number of nitrogens with one attached hydrogen (secondary N) is 2. The fraction of sp³-hybridized carbons (Fsp3) is 0.167. The van der Waals surface area contributed by atoms with Crippen LogP contribution in [0.5, 0.6) is 0 Å². The molecular weight excluding hydrogens is 170 g/mol. The maximum atomic E-state index is 3.83. The van der Waals surface area contributed by atoms with E-state index in [4.69, 9.17) is 0 Å². The third kappa shape index (κ3) is 1.95. The Morgan fingerprint density at radius 2 is 2.38 bits per heavy atom. The summed E-state index contributed by atoms with van der Waals surface area (Å²) in [5, 5.41) is 23.9. The molecule has 0 saturated heterocycles. The van der Waals surface area contributed by atoms with E-state index >= 15 is 0 Å². The van der Waals surface area contributed by atoms with Gasteiger partial charge in [-0.1, -0.05) is 5.21 Å². The van der Waals surface area contributed by atoms with Crippen molar-refractivity contribution in [3.8, 4) is 0 Å². The van der Waals surface area contributed by atoms with Crippen LogP contribution in [0.25, 0.3) is 0 Å². The highest BCUT2D eigenvalue weighted by atomic mass is 15.5. The molecular formula is C6H7N7. The molecule has 2 aromatic rings. The highest BCUT2D eigenvalue weighted by Gasteiger charge is 1.97. The molecule has 0 aromatic carbocycles. The maximum absolute atomic E-state index is 3.83. The van der Waals surface area contributed by atoms with E-state index in [0.717, 1.165) is 0 Å². The smallest absolute Gasteiger partial charge is 0.193 e. The third-order valence-electron chi connectivity index (χ3n) is 1.39. The predicted molar refractivity (Wildman–Crippen MR) is 43.5 cm³/mol. The molecule has 7 nitrogen and oxygen atoms in total. The van der Waals surface area contributed by atoms with Crippen molar-refractivity contribution in [1.29, 1.82) is 0 Å². The lowest BCUT2D eigenvalue weighted by atomic mass is 10.5. The molecule has 2 rings (SSSR count). The van der Waals surface area contributed by atoms with E-state index in [9.17, 15) is 0 Å². The molecule has 0 unspecified atom stereocenters. The highest BCUT2D eigenvalue weighted by molar-refractivity contribution is 5.31. The molecule has 2 aromatic heterocycles. The van der Waals surface area contributed by atoms with Crippen LogP contribution in [-0.4, -0.2) is 30.8 Å². The van der Waals surface area contributed by atoms with Gasteiger partial charge in [0.25, 0.3) is 0 Å². The van der Waals surface area contributed by atoms with E-state index in [1.165, 1.54) is 0 Å². The minimum Gasteiger partial charge on any atom is -0.361 e. The van der Waals surface area contributed by atoms with E-state index in [-0.39, 0.29) is 0 Å². The van der Waals surface area contributed by atoms with Crippen LogP contribution in [0.2, 0.25) is 0 Å². The van der Waals surface area contributed by atoms with Crippen molar-refractivity contribution in [3.63, 3.8) is 0 Å². The monoisotopic (exact) mass is 177 g/mol. The fourth-order valence-electron chi connectivity index (χ4n) is 0.823. The molecule has 2 heterocycles. The zero-order chi connectivity index (χ0) is 8.93. The Balaban J connectivity index is 1.94. The third-order valence-corrected chi connectivity index (χ3v) is 1.39. The zero-order valence-corrected chi connectivity index (χ0v) is 6.68. The number of aromatic nitrogens is 6. The molecule has 0 aliphatic heterocycles. The molecule has 0 bridgehead atoms. The summed E-state index contributed by atoms with van der Waals surface area (Å²) in [4.78, 5) is 0. The van der Waals surface area contributed by atoms with Crippen LogP contribution in [0.4, 0.5) is 5.82 Å². The second-order valence-corrected chi connectivity index (χ2v) is 2.29. The first-order chi connectivity index (χ1) is 6.45. The van der Waals surface area contributed by atoms with Gasteiger partial charge in [-0.05, 0) is 12.1 Å². The summed E-state index contributed by atoms with van der Waals surface area (Å²) in [6.07, 6.45) is 1.61. The maximum Gasteiger partial charge on any atom is 0.193 e. The average Bonchev–Trinajstić information content (AvgIpc) is 2.69. The van der Waals surface area contributed by atoms with E-state index in [0.29, 0.717) is 18.2 Å². The molecule has 66 valence electrons. The van der Waals surface area contributed by atoms with Crippen LogP contribution in [0.1, 0.15) is 5.82 Å². The van der Waals surface area contributed by atoms with Crippen molar-refractivity contribution in [2.45, 2.75) is 6.54 Å². The Hall–Kier alpha value is -2.05. The second kappa shape index (κ2) is 3.57. The number of nitrogens with zero attached hydrogens (tertiary/aromatic N) is 5. The quantitative estimate of drug-likeness (QED) is 0.662. The number of rotatable bonds is 3. The molecule has 2 N–H and O–H groups in total. The van der Waals surface area contributed by atoms with E-state index in [2.05, 4.69) is 36.1 Å². The minimum atomic E-state index is 0.481. The molecule has 0 aliphatic carbocycles. The summed E-state index contributed by atoms with van der Waals surface area (Å²) < 4.78 is 0. The van der Waals surface area contributed by atoms with Gasteiger partial charge in [0.05, 0.1) is 6.54 Å². The number of hydrogen-bond donors (Lipinski definition) is 2. The largest absolute Gasteiger partial charge is 0.361 e. The summed E-state index contributed by atoms with van der Waals surface area (Å²) >= 11 is 0. The van der Waals surface area contributed by atoms with Gasteiger partial charge in [0, 0.05) is 6.20 Å². The van der Waals surface area contributed by atoms with Crippen molar-refractivity contribution in [1.82, 2.24) is 30.8 Å². The number of anilines is 1. The van der Waals surface area contributed by atoms with E-state index < -0.39 is 0 Å². The summed E-state index contributed by atoms with van der Waals surface area (Å²) in [6.45, 7) is 0.481. The van der Waals surface area contributed by atoms with Crippen molar-refractivity contribution in [3.05, 3.63) is 24.2 Å². The summed E-state index contributed by atoms with van der Waals surface area (Å²) in [5.41, 5.74) is 0. The number of hydrogen-bond acceptors (Lipinski definition) is 6. The van der Waals surface area contributed by atoms with E-state index in [1.54, 1.807) is 12.3 Å². The number of tetrazole rings is 1. The lowest BCUT2D eigenvalue weighted by molar-refractivity contribution is 0.881. The molecule has 0 spiro atoms. The average molecular weight is 177 g/mol. The normalized spacial score (nSPS) is 9.85. The first kappa shape index (κ1) is 7.59. The molecule has 0 amide bonds. The van der Waals surface area contributed by atoms with Gasteiger partial charge in [-0.25, -0.2) is 0 Å². The van der Waals surface area contributed by atoms with Crippen molar-refractivity contribution >= 4 is 5.82 Å². The minimum absolute atomic E-state index is 0.481. The second-order valence-electron chi connectivity index (χ2n) is 2.29. The Labute approximate surface area is 73.6 Å². The van der Waals surface area contributed by atoms with Gasteiger partial charge >= 0.3 is 0 Å². The predicted octanol–water partition coefficient (Wildman–Crippen LogP) is -0.398. The van der Waals surface area contributed by atoms with E-state index in [1.807, 2.05) is 6.07 Å². The molecule has 0 aliphatic rings. The summed E-state index contributed by atoms with van der Waals surface area (Å²) in [5.74, 6) is 1.28. The van der Waals surface area contributed by atoms with Gasteiger partial charge in [0.2, 0.25) is 0 Å². The highest BCUT2D eigenvalue weighted by Crippen LogP contribution is 1.98. The van der Waals surface area contributed by atoms with Crippen LogP contribution < -0.4 is 5.32 Å². The Kier molecular flexibility index (Phi) is 2.08. The standard InChI is InChI=1S/C6H7N7/c1-2-5(9-8-3-1)7-4-6-10-12-13-11-6/h1-3H,4H2,(H,7,9)(H,10,11,12,13). The first-order valence-corrected chi connectivity index (χ1v) is 3.69. The van der Waals surface area contributed by atoms with Crippen LogP contribution in [0, 0.1) is 0 Å². The topological polar surface area (TPSA) is 92.3 Å². The Bertz CT molecular complexity index is 342. The number of aromatic amines is 1. The lowest BCUT2D eigenvalue weighted by Crippen LogP contribution is -2.03. The van der Waals surface area contributed by atoms with Crippen LogP contribution in [0.3, 0.4) is 0 Å². The molecule has 13 heavy (non-hydrogen) atoms. The Morgan fingerprint density at radius 3 is 3.08 bits per heavy atom. The SMILES string of the molecule is c1cnnc(NCc2nn[nH]n2)c1. The molecule has 7 heteroatoms. The fourth-order valence-corrected chi connectivity index (χ4v) is 0.823. The molecule has 0 fully saturated rings. The van der Waals surface area contributed by atoms with Crippen LogP contribution >= 0.6 is 0 Å². The van der Waals surface area contributed by atoms with Gasteiger partial charge in [-0.15, -0.1) is 15.3 Å². The van der Waals surface area contributed by atoms with Crippen molar-refractivity contribution in [2.75, 3.05) is 5.32 Å². The molecule has 0 radical (unpaired) electrons. The summed E-state index contributed by atoms with van der Waals surface area (Å²) in [6, 6.07) is 3.61. The van der Waals surface area contributed by atoms with Crippen LogP contribution in [-0.2, 0) is 6.54 Å². The molecule has 0 atom stereocenters.